The van der Waals surface area contributed by atoms with Gasteiger partial charge in [0.15, 0.2) is 0 Å². The van der Waals surface area contributed by atoms with Crippen LogP contribution in [0.2, 0.25) is 0 Å². The maximum atomic E-state index is 12.2. The Hall–Kier alpha value is -0.570. The Kier molecular flexibility index (Phi) is 6.84. The van der Waals surface area contributed by atoms with Crippen molar-refractivity contribution in [2.75, 3.05) is 0 Å². The normalized spacial score (nSPS) is 28.9. The molecule has 0 aliphatic heterocycles. The van der Waals surface area contributed by atoms with E-state index in [9.17, 15) is 4.79 Å². The molecule has 1 aliphatic rings. The lowest BCUT2D eigenvalue weighted by molar-refractivity contribution is -0.157. The topological polar surface area (TPSA) is 52.3 Å². The highest BCUT2D eigenvalue weighted by Gasteiger charge is 2.39. The van der Waals surface area contributed by atoms with E-state index >= 15 is 0 Å². The summed E-state index contributed by atoms with van der Waals surface area (Å²) in [5, 5.41) is 0. The number of rotatable bonds is 7. The summed E-state index contributed by atoms with van der Waals surface area (Å²) in [7, 11) is 0. The maximum absolute atomic E-state index is 12.2. The van der Waals surface area contributed by atoms with E-state index in [4.69, 9.17) is 10.5 Å². The van der Waals surface area contributed by atoms with Gasteiger partial charge in [0.25, 0.3) is 0 Å². The maximum Gasteiger partial charge on any atom is 0.326 e. The Morgan fingerprint density at radius 1 is 1.42 bits per heavy atom. The number of esters is 1. The molecule has 1 rings (SSSR count). The van der Waals surface area contributed by atoms with Crippen LogP contribution in [0.5, 0.6) is 0 Å². The van der Waals surface area contributed by atoms with Crippen molar-refractivity contribution < 1.29 is 9.53 Å². The van der Waals surface area contributed by atoms with Crippen LogP contribution >= 0.6 is 0 Å². The second-order valence-corrected chi connectivity index (χ2v) is 6.42. The minimum Gasteiger partial charge on any atom is -0.461 e. The van der Waals surface area contributed by atoms with Crippen LogP contribution < -0.4 is 5.73 Å². The first-order valence-corrected chi connectivity index (χ1v) is 7.98. The van der Waals surface area contributed by atoms with Gasteiger partial charge in [-0.05, 0) is 38.5 Å². The number of hydrogen-bond acceptors (Lipinski definition) is 3. The first kappa shape index (κ1) is 16.5. The predicted octanol–water partition coefficient (Wildman–Crippen LogP) is 3.80. The van der Waals surface area contributed by atoms with Crippen molar-refractivity contribution in [2.24, 2.45) is 11.7 Å². The molecule has 3 heteroatoms. The van der Waals surface area contributed by atoms with Crippen molar-refractivity contribution >= 4 is 5.97 Å². The van der Waals surface area contributed by atoms with Gasteiger partial charge in [0.1, 0.15) is 5.54 Å². The summed E-state index contributed by atoms with van der Waals surface area (Å²) in [6, 6.07) is 0. The number of carbonyl (C=O) groups excluding carboxylic acids is 1. The zero-order chi connectivity index (χ0) is 14.3. The zero-order valence-electron chi connectivity index (χ0n) is 12.9. The van der Waals surface area contributed by atoms with Gasteiger partial charge in [-0.1, -0.05) is 46.0 Å². The molecule has 1 aliphatic carbocycles. The van der Waals surface area contributed by atoms with Gasteiger partial charge < -0.3 is 10.5 Å². The van der Waals surface area contributed by atoms with Crippen molar-refractivity contribution in [1.82, 2.24) is 0 Å². The lowest BCUT2D eigenvalue weighted by atomic mass is 9.77. The summed E-state index contributed by atoms with van der Waals surface area (Å²) in [4.78, 5) is 12.2. The molecular weight excluding hydrogens is 238 g/mol. The molecule has 0 amide bonds. The SMILES string of the molecule is CCCCCCC(C)OC(=O)C1(N)CCCC(C)C1. The third-order valence-electron chi connectivity index (χ3n) is 4.21. The summed E-state index contributed by atoms with van der Waals surface area (Å²) in [5.41, 5.74) is 5.52. The van der Waals surface area contributed by atoms with E-state index in [0.717, 1.165) is 32.1 Å². The quantitative estimate of drug-likeness (QED) is 0.565. The molecule has 112 valence electrons. The Morgan fingerprint density at radius 2 is 2.16 bits per heavy atom. The van der Waals surface area contributed by atoms with E-state index in [1.165, 1.54) is 25.7 Å². The summed E-state index contributed by atoms with van der Waals surface area (Å²) >= 11 is 0. The van der Waals surface area contributed by atoms with Crippen LogP contribution in [0.3, 0.4) is 0 Å². The smallest absolute Gasteiger partial charge is 0.326 e. The fourth-order valence-corrected chi connectivity index (χ4v) is 2.99. The Morgan fingerprint density at radius 3 is 2.79 bits per heavy atom. The molecule has 3 unspecified atom stereocenters. The number of ether oxygens (including phenoxy) is 1. The highest BCUT2D eigenvalue weighted by molar-refractivity contribution is 5.80. The highest BCUT2D eigenvalue weighted by Crippen LogP contribution is 2.31. The molecule has 1 saturated carbocycles. The van der Waals surface area contributed by atoms with E-state index in [1.54, 1.807) is 0 Å². The molecule has 0 aromatic rings. The number of unbranched alkanes of at least 4 members (excludes halogenated alkanes) is 3. The minimum atomic E-state index is -0.727. The van der Waals surface area contributed by atoms with Crippen LogP contribution in [0, 0.1) is 5.92 Å². The van der Waals surface area contributed by atoms with Gasteiger partial charge in [0.05, 0.1) is 6.10 Å². The van der Waals surface area contributed by atoms with E-state index in [0.29, 0.717) is 5.92 Å². The molecule has 3 nitrogen and oxygen atoms in total. The first-order valence-electron chi connectivity index (χ1n) is 7.98. The fourth-order valence-electron chi connectivity index (χ4n) is 2.99. The van der Waals surface area contributed by atoms with Crippen molar-refractivity contribution in [3.05, 3.63) is 0 Å². The average Bonchev–Trinajstić information content (AvgIpc) is 2.34. The van der Waals surface area contributed by atoms with Crippen molar-refractivity contribution in [2.45, 2.75) is 90.2 Å². The second-order valence-electron chi connectivity index (χ2n) is 6.42. The van der Waals surface area contributed by atoms with E-state index < -0.39 is 5.54 Å². The third kappa shape index (κ3) is 5.52. The van der Waals surface area contributed by atoms with E-state index in [-0.39, 0.29) is 12.1 Å². The van der Waals surface area contributed by atoms with E-state index in [1.807, 2.05) is 6.92 Å². The van der Waals surface area contributed by atoms with Gasteiger partial charge >= 0.3 is 5.97 Å². The molecule has 1 fully saturated rings. The standard InChI is InChI=1S/C16H31NO2/c1-4-5-6-7-10-14(3)19-15(18)16(17)11-8-9-13(2)12-16/h13-14H,4-12,17H2,1-3H3. The zero-order valence-corrected chi connectivity index (χ0v) is 12.9. The van der Waals surface area contributed by atoms with Gasteiger partial charge in [-0.3, -0.25) is 4.79 Å². The third-order valence-corrected chi connectivity index (χ3v) is 4.21. The number of nitrogens with two attached hydrogens (primary N) is 1. The van der Waals surface area contributed by atoms with Gasteiger partial charge in [-0.15, -0.1) is 0 Å². The van der Waals surface area contributed by atoms with Gasteiger partial charge in [0.2, 0.25) is 0 Å². The largest absolute Gasteiger partial charge is 0.461 e. The Balaban J connectivity index is 2.32. The molecule has 19 heavy (non-hydrogen) atoms. The Bertz CT molecular complexity index is 280. The average molecular weight is 269 g/mol. The minimum absolute atomic E-state index is 0.00186. The van der Waals surface area contributed by atoms with Crippen LogP contribution in [0.1, 0.15) is 78.6 Å². The molecule has 0 saturated heterocycles. The summed E-state index contributed by atoms with van der Waals surface area (Å²) in [5.74, 6) is 0.355. The second kappa shape index (κ2) is 7.88. The highest BCUT2D eigenvalue weighted by atomic mass is 16.5. The van der Waals surface area contributed by atoms with Crippen LogP contribution in [-0.2, 0) is 9.53 Å². The van der Waals surface area contributed by atoms with Crippen molar-refractivity contribution in [1.29, 1.82) is 0 Å². The summed E-state index contributed by atoms with van der Waals surface area (Å²) < 4.78 is 5.56. The monoisotopic (exact) mass is 269 g/mol. The molecule has 0 aromatic carbocycles. The van der Waals surface area contributed by atoms with E-state index in [2.05, 4.69) is 13.8 Å². The number of carbonyl (C=O) groups is 1. The molecule has 0 radical (unpaired) electrons. The van der Waals surface area contributed by atoms with Crippen LogP contribution in [0.4, 0.5) is 0 Å². The lowest BCUT2D eigenvalue weighted by Gasteiger charge is -2.35. The fraction of sp³-hybridized carbons (Fsp3) is 0.938. The van der Waals surface area contributed by atoms with Crippen LogP contribution in [0.25, 0.3) is 0 Å². The summed E-state index contributed by atoms with van der Waals surface area (Å²) in [6.07, 6.45) is 9.58. The van der Waals surface area contributed by atoms with Crippen molar-refractivity contribution in [3.8, 4) is 0 Å². The molecule has 0 aromatic heterocycles. The van der Waals surface area contributed by atoms with Crippen molar-refractivity contribution in [3.63, 3.8) is 0 Å². The number of hydrogen-bond donors (Lipinski definition) is 1. The molecule has 0 heterocycles. The molecule has 3 atom stereocenters. The molecular formula is C16H31NO2. The van der Waals surface area contributed by atoms with Gasteiger partial charge in [-0.2, -0.15) is 0 Å². The van der Waals surface area contributed by atoms with Crippen LogP contribution in [0.15, 0.2) is 0 Å². The first-order chi connectivity index (χ1) is 8.98. The predicted molar refractivity (Wildman–Crippen MR) is 78.9 cm³/mol. The summed E-state index contributed by atoms with van der Waals surface area (Å²) in [6.45, 7) is 6.35. The molecule has 0 spiro atoms. The Labute approximate surface area is 118 Å². The molecule has 0 bridgehead atoms. The molecule has 2 N–H and O–H groups in total. The van der Waals surface area contributed by atoms with Crippen LogP contribution in [-0.4, -0.2) is 17.6 Å². The lowest BCUT2D eigenvalue weighted by Crippen LogP contribution is -2.52. The van der Waals surface area contributed by atoms with Gasteiger partial charge in [0, 0.05) is 0 Å². The van der Waals surface area contributed by atoms with Gasteiger partial charge in [-0.25, -0.2) is 0 Å².